The van der Waals surface area contributed by atoms with Crippen molar-refractivity contribution < 1.29 is 14.6 Å². The number of hydrogen-bond acceptors (Lipinski definition) is 4. The topological polar surface area (TPSA) is 113 Å². The number of fused-ring (bicyclic) bond motifs is 1. The Morgan fingerprint density at radius 3 is 2.68 bits per heavy atom. The molecule has 0 saturated carbocycles. The van der Waals surface area contributed by atoms with E-state index < -0.39 is 11.9 Å². The molecule has 5 N–H and O–H groups in total. The average molecular weight is 421 g/mol. The van der Waals surface area contributed by atoms with Gasteiger partial charge in [0.2, 0.25) is 0 Å². The lowest BCUT2D eigenvalue weighted by molar-refractivity contribution is -0.138. The highest BCUT2D eigenvalue weighted by molar-refractivity contribution is 5.99. The number of nitrogen functional groups attached to an aromatic ring is 1. The lowest BCUT2D eigenvalue weighted by Gasteiger charge is -2.17. The minimum absolute atomic E-state index is 0.0202. The molecule has 2 atom stereocenters. The van der Waals surface area contributed by atoms with Crippen LogP contribution in [-0.2, 0) is 17.8 Å². The highest BCUT2D eigenvalue weighted by Gasteiger charge is 2.23. The summed E-state index contributed by atoms with van der Waals surface area (Å²) in [5.41, 5.74) is 9.00. The van der Waals surface area contributed by atoms with Gasteiger partial charge in [-0.25, -0.2) is 0 Å². The van der Waals surface area contributed by atoms with Crippen molar-refractivity contribution >= 4 is 22.7 Å². The molecule has 1 aliphatic heterocycles. The van der Waals surface area contributed by atoms with E-state index in [4.69, 9.17) is 15.9 Å². The number of carbonyl (C=O) groups is 1. The molecule has 1 aromatic heterocycles. The summed E-state index contributed by atoms with van der Waals surface area (Å²) in [7, 11) is 0. The summed E-state index contributed by atoms with van der Waals surface area (Å²) in [6.07, 6.45) is 1.52. The lowest BCUT2D eigenvalue weighted by Crippen LogP contribution is -2.19. The third-order valence-corrected chi connectivity index (χ3v) is 5.93. The Hall–Kier alpha value is -3.32. The number of rotatable bonds is 8. The lowest BCUT2D eigenvalue weighted by atomic mass is 9.94. The highest BCUT2D eigenvalue weighted by atomic mass is 16.5. The van der Waals surface area contributed by atoms with Gasteiger partial charge >= 0.3 is 5.97 Å². The third kappa shape index (κ3) is 4.41. The van der Waals surface area contributed by atoms with Crippen LogP contribution in [0.3, 0.4) is 0 Å². The Labute approximate surface area is 181 Å². The van der Waals surface area contributed by atoms with E-state index in [-0.39, 0.29) is 11.9 Å². The number of aryl methyl sites for hydroxylation is 1. The first-order chi connectivity index (χ1) is 15.0. The number of benzene rings is 2. The number of nitrogens with one attached hydrogen (secondary N) is 2. The highest BCUT2D eigenvalue weighted by Crippen LogP contribution is 2.28. The SMILES string of the molecule is CCn1c(CC(C(=O)O)c2ccc(O[C@H]3CCNC3)cc2)cc2cc(C(=N)N)ccc21. The van der Waals surface area contributed by atoms with Crippen molar-refractivity contribution in [1.82, 2.24) is 9.88 Å². The van der Waals surface area contributed by atoms with Crippen LogP contribution in [0.2, 0.25) is 0 Å². The Bertz CT molecular complexity index is 1100. The molecule has 7 heteroatoms. The molecule has 0 radical (unpaired) electrons. The average Bonchev–Trinajstić information content (AvgIpc) is 3.38. The van der Waals surface area contributed by atoms with Crippen LogP contribution in [0.15, 0.2) is 48.5 Å². The molecule has 0 aliphatic carbocycles. The van der Waals surface area contributed by atoms with E-state index in [9.17, 15) is 9.90 Å². The first-order valence-corrected chi connectivity index (χ1v) is 10.6. The van der Waals surface area contributed by atoms with E-state index in [0.717, 1.165) is 54.0 Å². The first kappa shape index (κ1) is 20.9. The van der Waals surface area contributed by atoms with Gasteiger partial charge in [0.1, 0.15) is 17.7 Å². The fourth-order valence-corrected chi connectivity index (χ4v) is 4.29. The molecule has 1 fully saturated rings. The second-order valence-corrected chi connectivity index (χ2v) is 7.96. The summed E-state index contributed by atoms with van der Waals surface area (Å²) in [5, 5.41) is 21.8. The molecular formula is C24H28N4O3. The summed E-state index contributed by atoms with van der Waals surface area (Å²) in [4.78, 5) is 12.1. The first-order valence-electron chi connectivity index (χ1n) is 10.6. The quantitative estimate of drug-likeness (QED) is 0.330. The zero-order valence-corrected chi connectivity index (χ0v) is 17.6. The van der Waals surface area contributed by atoms with Crippen LogP contribution in [0.25, 0.3) is 10.9 Å². The molecule has 1 saturated heterocycles. The predicted octanol–water partition coefficient (Wildman–Crippen LogP) is 3.10. The zero-order chi connectivity index (χ0) is 22.0. The Balaban J connectivity index is 1.60. The van der Waals surface area contributed by atoms with Crippen LogP contribution in [0.1, 0.15) is 36.1 Å². The number of nitrogens with two attached hydrogens (primary N) is 1. The molecule has 0 bridgehead atoms. The van der Waals surface area contributed by atoms with Gasteiger partial charge < -0.3 is 25.5 Å². The molecule has 1 aliphatic rings. The molecule has 3 aromatic rings. The number of aliphatic carboxylic acids is 1. The van der Waals surface area contributed by atoms with Crippen molar-refractivity contribution in [2.75, 3.05) is 13.1 Å². The van der Waals surface area contributed by atoms with Crippen LogP contribution >= 0.6 is 0 Å². The number of aromatic nitrogens is 1. The minimum atomic E-state index is -0.856. The van der Waals surface area contributed by atoms with E-state index in [1.165, 1.54) is 0 Å². The maximum Gasteiger partial charge on any atom is 0.311 e. The van der Waals surface area contributed by atoms with Gasteiger partial charge in [-0.15, -0.1) is 0 Å². The number of nitrogens with zero attached hydrogens (tertiary/aromatic N) is 1. The van der Waals surface area contributed by atoms with Crippen molar-refractivity contribution in [3.63, 3.8) is 0 Å². The van der Waals surface area contributed by atoms with Crippen LogP contribution in [-0.4, -0.2) is 40.7 Å². The standard InChI is InChI=1S/C24H28N4O3/c1-2-28-18(12-17-11-16(23(25)26)5-8-22(17)28)13-21(24(29)30)15-3-6-19(7-4-15)31-20-9-10-27-14-20/h3-8,11-12,20-21,27H,2,9-10,13-14H2,1H3,(H3,25,26)(H,29,30)/t20-,21?/m0/s1. The Morgan fingerprint density at radius 1 is 1.29 bits per heavy atom. The largest absolute Gasteiger partial charge is 0.489 e. The van der Waals surface area contributed by atoms with E-state index in [2.05, 4.69) is 9.88 Å². The number of carboxylic acids is 1. The zero-order valence-electron chi connectivity index (χ0n) is 17.6. The van der Waals surface area contributed by atoms with E-state index in [1.807, 2.05) is 55.5 Å². The van der Waals surface area contributed by atoms with Gasteiger partial charge in [-0.1, -0.05) is 12.1 Å². The fourth-order valence-electron chi connectivity index (χ4n) is 4.29. The van der Waals surface area contributed by atoms with E-state index >= 15 is 0 Å². The van der Waals surface area contributed by atoms with Crippen molar-refractivity contribution in [2.24, 2.45) is 5.73 Å². The van der Waals surface area contributed by atoms with Crippen molar-refractivity contribution in [3.05, 3.63) is 65.4 Å². The molecule has 0 spiro atoms. The van der Waals surface area contributed by atoms with Crippen molar-refractivity contribution in [1.29, 1.82) is 5.41 Å². The molecule has 4 rings (SSSR count). The van der Waals surface area contributed by atoms with Gasteiger partial charge in [0, 0.05) is 41.7 Å². The normalized spacial score (nSPS) is 17.0. The minimum Gasteiger partial charge on any atom is -0.489 e. The summed E-state index contributed by atoms with van der Waals surface area (Å²) in [6, 6.07) is 15.1. The fraction of sp³-hybridized carbons (Fsp3) is 0.333. The number of carboxylic acid groups (broad SMARTS) is 1. The van der Waals surface area contributed by atoms with Crippen LogP contribution in [0.4, 0.5) is 0 Å². The van der Waals surface area contributed by atoms with Gasteiger partial charge in [0.05, 0.1) is 5.92 Å². The summed E-state index contributed by atoms with van der Waals surface area (Å²) in [6.45, 7) is 4.57. The molecule has 0 amide bonds. The molecule has 7 nitrogen and oxygen atoms in total. The van der Waals surface area contributed by atoms with Crippen LogP contribution in [0.5, 0.6) is 5.75 Å². The van der Waals surface area contributed by atoms with Crippen molar-refractivity contribution in [2.45, 2.75) is 38.3 Å². The Kier molecular flexibility index (Phi) is 5.95. The van der Waals surface area contributed by atoms with Crippen LogP contribution in [0, 0.1) is 5.41 Å². The van der Waals surface area contributed by atoms with E-state index in [1.54, 1.807) is 0 Å². The maximum atomic E-state index is 12.1. The molecule has 162 valence electrons. The van der Waals surface area contributed by atoms with Gasteiger partial charge in [0.25, 0.3) is 0 Å². The van der Waals surface area contributed by atoms with Gasteiger partial charge in [-0.05, 0) is 61.9 Å². The predicted molar refractivity (Wildman–Crippen MR) is 121 cm³/mol. The molecule has 1 unspecified atom stereocenters. The van der Waals surface area contributed by atoms with Crippen LogP contribution < -0.4 is 15.8 Å². The summed E-state index contributed by atoms with van der Waals surface area (Å²) in [5.74, 6) is -0.733. The van der Waals surface area contributed by atoms with Gasteiger partial charge in [0.15, 0.2) is 0 Å². The third-order valence-electron chi connectivity index (χ3n) is 5.93. The van der Waals surface area contributed by atoms with Gasteiger partial charge in [-0.3, -0.25) is 10.2 Å². The smallest absolute Gasteiger partial charge is 0.311 e. The second-order valence-electron chi connectivity index (χ2n) is 7.96. The number of ether oxygens (including phenoxy) is 1. The second kappa shape index (κ2) is 8.81. The molecule has 2 aromatic carbocycles. The van der Waals surface area contributed by atoms with Crippen molar-refractivity contribution in [3.8, 4) is 5.75 Å². The molecular weight excluding hydrogens is 392 g/mol. The molecule has 31 heavy (non-hydrogen) atoms. The van der Waals surface area contributed by atoms with Gasteiger partial charge in [-0.2, -0.15) is 0 Å². The number of hydrogen-bond donors (Lipinski definition) is 4. The number of amidine groups is 1. The maximum absolute atomic E-state index is 12.1. The summed E-state index contributed by atoms with van der Waals surface area (Å²) < 4.78 is 8.08. The van der Waals surface area contributed by atoms with E-state index in [0.29, 0.717) is 12.0 Å². The summed E-state index contributed by atoms with van der Waals surface area (Å²) >= 11 is 0. The molecule has 2 heterocycles. The Morgan fingerprint density at radius 2 is 2.06 bits per heavy atom. The monoisotopic (exact) mass is 420 g/mol.